The van der Waals surface area contributed by atoms with Gasteiger partial charge in [-0.1, -0.05) is 12.1 Å². The number of nitrogens with two attached hydrogens (primary N) is 1. The van der Waals surface area contributed by atoms with Crippen molar-refractivity contribution in [2.24, 2.45) is 0 Å². The van der Waals surface area contributed by atoms with Crippen LogP contribution in [0.3, 0.4) is 0 Å². The first kappa shape index (κ1) is 10.3. The highest BCUT2D eigenvalue weighted by Gasteiger charge is 2.21. The second-order valence-electron chi connectivity index (χ2n) is 4.10. The number of ether oxygens (including phenoxy) is 1. The normalized spacial score (nSPS) is 26.2. The molecule has 1 saturated carbocycles. The van der Waals surface area contributed by atoms with Crippen molar-refractivity contribution in [3.8, 4) is 5.75 Å². The summed E-state index contributed by atoms with van der Waals surface area (Å²) >= 11 is 0. The van der Waals surface area contributed by atoms with Crippen molar-refractivity contribution in [1.82, 2.24) is 0 Å². The van der Waals surface area contributed by atoms with Crippen LogP contribution in [0.1, 0.15) is 25.7 Å². The molecule has 0 aromatic heterocycles. The maximum atomic E-state index is 9.52. The van der Waals surface area contributed by atoms with Crippen molar-refractivity contribution < 1.29 is 9.84 Å². The zero-order valence-electron chi connectivity index (χ0n) is 8.73. The van der Waals surface area contributed by atoms with Crippen LogP contribution in [0.15, 0.2) is 24.3 Å². The highest BCUT2D eigenvalue weighted by molar-refractivity contribution is 5.51. The Bertz CT molecular complexity index is 327. The first-order valence-electron chi connectivity index (χ1n) is 5.45. The highest BCUT2D eigenvalue weighted by Crippen LogP contribution is 2.27. The molecule has 0 saturated heterocycles. The van der Waals surface area contributed by atoms with Crippen LogP contribution in [0, 0.1) is 0 Å². The molecule has 3 N–H and O–H groups in total. The van der Waals surface area contributed by atoms with E-state index in [0.717, 1.165) is 25.0 Å². The van der Waals surface area contributed by atoms with E-state index in [1.54, 1.807) is 0 Å². The van der Waals surface area contributed by atoms with E-state index in [-0.39, 0.29) is 12.2 Å². The van der Waals surface area contributed by atoms with Crippen LogP contribution in [0.5, 0.6) is 5.75 Å². The van der Waals surface area contributed by atoms with Gasteiger partial charge in [-0.25, -0.2) is 0 Å². The van der Waals surface area contributed by atoms with Gasteiger partial charge in [0.2, 0.25) is 0 Å². The predicted molar refractivity (Wildman–Crippen MR) is 59.7 cm³/mol. The fourth-order valence-electron chi connectivity index (χ4n) is 1.99. The SMILES string of the molecule is Nc1ccccc1O[C@@H]1CCC[C@H](O)C1. The van der Waals surface area contributed by atoms with Crippen molar-refractivity contribution in [2.45, 2.75) is 37.9 Å². The smallest absolute Gasteiger partial charge is 0.142 e. The topological polar surface area (TPSA) is 55.5 Å². The molecule has 0 bridgehead atoms. The summed E-state index contributed by atoms with van der Waals surface area (Å²) < 4.78 is 5.77. The first-order valence-corrected chi connectivity index (χ1v) is 5.45. The summed E-state index contributed by atoms with van der Waals surface area (Å²) in [6.07, 6.45) is 3.54. The van der Waals surface area contributed by atoms with E-state index in [1.165, 1.54) is 0 Å². The minimum Gasteiger partial charge on any atom is -0.488 e. The largest absolute Gasteiger partial charge is 0.488 e. The molecule has 1 aromatic rings. The molecule has 3 heteroatoms. The number of aliphatic hydroxyl groups is 1. The Kier molecular flexibility index (Phi) is 3.11. The number of rotatable bonds is 2. The summed E-state index contributed by atoms with van der Waals surface area (Å²) in [5.74, 6) is 0.733. The molecular formula is C12H17NO2. The van der Waals surface area contributed by atoms with Crippen molar-refractivity contribution in [3.05, 3.63) is 24.3 Å². The van der Waals surface area contributed by atoms with Gasteiger partial charge in [0, 0.05) is 6.42 Å². The standard InChI is InChI=1S/C12H17NO2/c13-11-6-1-2-7-12(11)15-10-5-3-4-9(14)8-10/h1-2,6-7,9-10,14H,3-5,8,13H2/t9-,10+/m0/s1. The Morgan fingerprint density at radius 2 is 2.07 bits per heavy atom. The zero-order chi connectivity index (χ0) is 10.7. The molecule has 0 heterocycles. The van der Waals surface area contributed by atoms with Gasteiger partial charge < -0.3 is 15.6 Å². The third kappa shape index (κ3) is 2.63. The maximum Gasteiger partial charge on any atom is 0.142 e. The first-order chi connectivity index (χ1) is 7.25. The van der Waals surface area contributed by atoms with Gasteiger partial charge in [0.25, 0.3) is 0 Å². The Balaban J connectivity index is 1.99. The van der Waals surface area contributed by atoms with Crippen LogP contribution >= 0.6 is 0 Å². The quantitative estimate of drug-likeness (QED) is 0.729. The summed E-state index contributed by atoms with van der Waals surface area (Å²) in [4.78, 5) is 0. The summed E-state index contributed by atoms with van der Waals surface area (Å²) in [5, 5.41) is 9.52. The summed E-state index contributed by atoms with van der Waals surface area (Å²) in [6.45, 7) is 0. The Morgan fingerprint density at radius 1 is 1.27 bits per heavy atom. The van der Waals surface area contributed by atoms with E-state index in [0.29, 0.717) is 12.1 Å². The van der Waals surface area contributed by atoms with E-state index in [1.807, 2.05) is 24.3 Å². The van der Waals surface area contributed by atoms with E-state index in [9.17, 15) is 5.11 Å². The molecule has 0 aliphatic heterocycles. The number of nitrogen functional groups attached to an aromatic ring is 1. The van der Waals surface area contributed by atoms with Gasteiger partial charge in [0.1, 0.15) is 11.9 Å². The second-order valence-corrected chi connectivity index (χ2v) is 4.10. The second kappa shape index (κ2) is 4.53. The minimum absolute atomic E-state index is 0.110. The number of hydrogen-bond acceptors (Lipinski definition) is 3. The number of anilines is 1. The molecule has 2 atom stereocenters. The van der Waals surface area contributed by atoms with Crippen LogP contribution in [0.2, 0.25) is 0 Å². The van der Waals surface area contributed by atoms with Crippen LogP contribution < -0.4 is 10.5 Å². The molecule has 15 heavy (non-hydrogen) atoms. The van der Waals surface area contributed by atoms with E-state index < -0.39 is 0 Å². The van der Waals surface area contributed by atoms with Gasteiger partial charge in [0.15, 0.2) is 0 Å². The predicted octanol–water partition coefficient (Wildman–Crippen LogP) is 1.95. The Labute approximate surface area is 89.9 Å². The fraction of sp³-hybridized carbons (Fsp3) is 0.500. The van der Waals surface area contributed by atoms with Crippen molar-refractivity contribution in [2.75, 3.05) is 5.73 Å². The Morgan fingerprint density at radius 3 is 2.80 bits per heavy atom. The zero-order valence-corrected chi connectivity index (χ0v) is 8.73. The minimum atomic E-state index is -0.214. The van der Waals surface area contributed by atoms with E-state index >= 15 is 0 Å². The van der Waals surface area contributed by atoms with Crippen LogP contribution in [0.4, 0.5) is 5.69 Å². The molecule has 1 aromatic carbocycles. The molecule has 0 radical (unpaired) electrons. The molecule has 1 aliphatic rings. The van der Waals surface area contributed by atoms with Gasteiger partial charge in [-0.3, -0.25) is 0 Å². The van der Waals surface area contributed by atoms with E-state index in [4.69, 9.17) is 10.5 Å². The average Bonchev–Trinajstić information content (AvgIpc) is 2.22. The van der Waals surface area contributed by atoms with Gasteiger partial charge >= 0.3 is 0 Å². The summed E-state index contributed by atoms with van der Waals surface area (Å²) in [6, 6.07) is 7.49. The number of para-hydroxylation sites is 2. The molecule has 1 aliphatic carbocycles. The number of hydrogen-bond donors (Lipinski definition) is 2. The summed E-state index contributed by atoms with van der Waals surface area (Å²) in [7, 11) is 0. The third-order valence-corrected chi connectivity index (χ3v) is 2.81. The summed E-state index contributed by atoms with van der Waals surface area (Å²) in [5.41, 5.74) is 6.45. The maximum absolute atomic E-state index is 9.52. The molecular weight excluding hydrogens is 190 g/mol. The number of benzene rings is 1. The van der Waals surface area contributed by atoms with Crippen LogP contribution in [-0.4, -0.2) is 17.3 Å². The molecule has 82 valence electrons. The molecule has 0 spiro atoms. The lowest BCUT2D eigenvalue weighted by Gasteiger charge is -2.27. The molecule has 0 unspecified atom stereocenters. The van der Waals surface area contributed by atoms with E-state index in [2.05, 4.69) is 0 Å². The third-order valence-electron chi connectivity index (χ3n) is 2.81. The molecule has 2 rings (SSSR count). The lowest BCUT2D eigenvalue weighted by atomic mass is 9.95. The lowest BCUT2D eigenvalue weighted by Crippen LogP contribution is -2.28. The monoisotopic (exact) mass is 207 g/mol. The highest BCUT2D eigenvalue weighted by atomic mass is 16.5. The van der Waals surface area contributed by atoms with Crippen molar-refractivity contribution in [1.29, 1.82) is 0 Å². The van der Waals surface area contributed by atoms with Crippen molar-refractivity contribution in [3.63, 3.8) is 0 Å². The number of aliphatic hydroxyl groups excluding tert-OH is 1. The van der Waals surface area contributed by atoms with Crippen LogP contribution in [-0.2, 0) is 0 Å². The van der Waals surface area contributed by atoms with Gasteiger partial charge in [0.05, 0.1) is 11.8 Å². The van der Waals surface area contributed by atoms with Gasteiger partial charge in [-0.2, -0.15) is 0 Å². The molecule has 0 amide bonds. The Hall–Kier alpha value is -1.22. The average molecular weight is 207 g/mol. The molecule has 3 nitrogen and oxygen atoms in total. The van der Waals surface area contributed by atoms with Crippen LogP contribution in [0.25, 0.3) is 0 Å². The van der Waals surface area contributed by atoms with Gasteiger partial charge in [-0.15, -0.1) is 0 Å². The molecule has 1 fully saturated rings. The lowest BCUT2D eigenvalue weighted by molar-refractivity contribution is 0.0540. The fourth-order valence-corrected chi connectivity index (χ4v) is 1.99. The van der Waals surface area contributed by atoms with Gasteiger partial charge in [-0.05, 0) is 31.4 Å². The van der Waals surface area contributed by atoms with Crippen molar-refractivity contribution >= 4 is 5.69 Å².